The van der Waals surface area contributed by atoms with Gasteiger partial charge in [-0.15, -0.1) is 35.3 Å². The molecule has 0 amide bonds. The number of aryl methyl sites for hydroxylation is 1. The summed E-state index contributed by atoms with van der Waals surface area (Å²) in [6.45, 7) is 3.40. The Balaban J connectivity index is 0.00000364. The lowest BCUT2D eigenvalue weighted by Crippen LogP contribution is -2.37. The van der Waals surface area contributed by atoms with Gasteiger partial charge in [0.1, 0.15) is 0 Å². The molecule has 9 heteroatoms. The van der Waals surface area contributed by atoms with E-state index in [0.29, 0.717) is 24.0 Å². The van der Waals surface area contributed by atoms with Crippen LogP contribution in [0.4, 0.5) is 0 Å². The number of halogens is 1. The topological polar surface area (TPSA) is 88.0 Å². The van der Waals surface area contributed by atoms with Crippen molar-refractivity contribution < 1.29 is 14.6 Å². The standard InChI is InChI=1S/C18H26N4O3S.HI/c1-5-13-11-21-16(26-13)6-7-20-18(19-2)22-10-12-8-14(24-3)17(23)15(9-12)25-4;/h8-9,11,23H,5-7,10H2,1-4H3,(H2,19,20,22);1H. The number of ether oxygens (including phenoxy) is 2. The summed E-state index contributed by atoms with van der Waals surface area (Å²) < 4.78 is 10.4. The number of phenolic OH excluding ortho intramolecular Hbond substituents is 1. The third kappa shape index (κ3) is 6.73. The van der Waals surface area contributed by atoms with E-state index in [1.165, 1.54) is 19.1 Å². The van der Waals surface area contributed by atoms with Crippen molar-refractivity contribution in [2.45, 2.75) is 26.3 Å². The van der Waals surface area contributed by atoms with Crippen molar-refractivity contribution in [2.24, 2.45) is 4.99 Å². The molecule has 0 spiro atoms. The second kappa shape index (κ2) is 11.9. The highest BCUT2D eigenvalue weighted by Crippen LogP contribution is 2.36. The van der Waals surface area contributed by atoms with E-state index in [1.54, 1.807) is 30.5 Å². The van der Waals surface area contributed by atoms with Crippen LogP contribution in [0.3, 0.4) is 0 Å². The predicted octanol–water partition coefficient (Wildman–Crippen LogP) is 2.95. The summed E-state index contributed by atoms with van der Waals surface area (Å²) in [6.07, 6.45) is 3.82. The Labute approximate surface area is 181 Å². The largest absolute Gasteiger partial charge is 0.502 e. The monoisotopic (exact) mass is 506 g/mol. The number of hydrogen-bond acceptors (Lipinski definition) is 6. The van der Waals surface area contributed by atoms with Crippen LogP contribution in [-0.4, -0.2) is 43.9 Å². The van der Waals surface area contributed by atoms with E-state index < -0.39 is 0 Å². The fourth-order valence-electron chi connectivity index (χ4n) is 2.37. The van der Waals surface area contributed by atoms with Crippen molar-refractivity contribution in [1.29, 1.82) is 0 Å². The Kier molecular flexibility index (Phi) is 10.2. The van der Waals surface area contributed by atoms with Gasteiger partial charge in [-0.3, -0.25) is 4.99 Å². The third-order valence-corrected chi connectivity index (χ3v) is 5.01. The molecule has 0 aliphatic heterocycles. The number of phenols is 1. The lowest BCUT2D eigenvalue weighted by molar-refractivity contribution is 0.339. The zero-order valence-corrected chi connectivity index (χ0v) is 19.2. The summed E-state index contributed by atoms with van der Waals surface area (Å²) in [4.78, 5) is 9.94. The molecule has 7 nitrogen and oxygen atoms in total. The summed E-state index contributed by atoms with van der Waals surface area (Å²) >= 11 is 1.75. The van der Waals surface area contributed by atoms with Crippen molar-refractivity contribution in [3.8, 4) is 17.2 Å². The van der Waals surface area contributed by atoms with Crippen LogP contribution in [0.5, 0.6) is 17.2 Å². The van der Waals surface area contributed by atoms with Crippen molar-refractivity contribution in [2.75, 3.05) is 27.8 Å². The molecule has 0 atom stereocenters. The Hall–Kier alpha value is -1.75. The minimum Gasteiger partial charge on any atom is -0.502 e. The lowest BCUT2D eigenvalue weighted by atomic mass is 10.2. The molecule has 0 fully saturated rings. The highest BCUT2D eigenvalue weighted by Gasteiger charge is 2.11. The van der Waals surface area contributed by atoms with Crippen LogP contribution in [0, 0.1) is 0 Å². The first kappa shape index (κ1) is 23.3. The van der Waals surface area contributed by atoms with E-state index in [4.69, 9.17) is 9.47 Å². The molecular weight excluding hydrogens is 479 g/mol. The molecule has 0 unspecified atom stereocenters. The molecule has 0 aliphatic rings. The average Bonchev–Trinajstić information content (AvgIpc) is 3.13. The second-order valence-corrected chi connectivity index (χ2v) is 6.73. The van der Waals surface area contributed by atoms with Gasteiger partial charge in [-0.1, -0.05) is 6.92 Å². The first-order valence-electron chi connectivity index (χ1n) is 8.43. The molecule has 1 heterocycles. The number of aromatic hydroxyl groups is 1. The number of hydrogen-bond donors (Lipinski definition) is 3. The van der Waals surface area contributed by atoms with Crippen LogP contribution in [-0.2, 0) is 19.4 Å². The molecule has 1 aromatic heterocycles. The lowest BCUT2D eigenvalue weighted by Gasteiger charge is -2.14. The quantitative estimate of drug-likeness (QED) is 0.290. The molecule has 2 aromatic rings. The molecule has 1 aromatic carbocycles. The van der Waals surface area contributed by atoms with Crippen molar-refractivity contribution >= 4 is 41.3 Å². The van der Waals surface area contributed by atoms with Crippen molar-refractivity contribution in [3.05, 3.63) is 33.8 Å². The van der Waals surface area contributed by atoms with Gasteiger partial charge in [0.05, 0.1) is 19.2 Å². The van der Waals surface area contributed by atoms with Crippen LogP contribution in [0.1, 0.15) is 22.4 Å². The van der Waals surface area contributed by atoms with E-state index in [-0.39, 0.29) is 29.7 Å². The molecule has 3 N–H and O–H groups in total. The molecule has 2 rings (SSSR count). The van der Waals surface area contributed by atoms with Gasteiger partial charge in [0.2, 0.25) is 5.75 Å². The first-order valence-corrected chi connectivity index (χ1v) is 9.24. The van der Waals surface area contributed by atoms with Gasteiger partial charge >= 0.3 is 0 Å². The van der Waals surface area contributed by atoms with Gasteiger partial charge in [0.25, 0.3) is 0 Å². The van der Waals surface area contributed by atoms with Crippen LogP contribution < -0.4 is 20.1 Å². The second-order valence-electron chi connectivity index (χ2n) is 5.53. The fourth-order valence-corrected chi connectivity index (χ4v) is 3.23. The van der Waals surface area contributed by atoms with Crippen molar-refractivity contribution in [1.82, 2.24) is 15.6 Å². The normalized spacial score (nSPS) is 10.9. The van der Waals surface area contributed by atoms with Gasteiger partial charge in [0, 0.05) is 37.6 Å². The van der Waals surface area contributed by atoms with E-state index in [0.717, 1.165) is 30.0 Å². The number of thiazole rings is 1. The Morgan fingerprint density at radius 3 is 2.41 bits per heavy atom. The number of methoxy groups -OCH3 is 2. The van der Waals surface area contributed by atoms with Gasteiger partial charge in [-0.25, -0.2) is 4.98 Å². The Morgan fingerprint density at radius 2 is 1.89 bits per heavy atom. The average molecular weight is 506 g/mol. The van der Waals surface area contributed by atoms with Gasteiger partial charge < -0.3 is 25.2 Å². The SMILES string of the molecule is CCc1cnc(CCNC(=NC)NCc2cc(OC)c(O)c(OC)c2)s1.I. The van der Waals surface area contributed by atoms with E-state index in [2.05, 4.69) is 27.5 Å². The van der Waals surface area contributed by atoms with Crippen LogP contribution in [0.2, 0.25) is 0 Å². The molecule has 150 valence electrons. The molecule has 0 radical (unpaired) electrons. The molecule has 0 aliphatic carbocycles. The number of nitrogens with one attached hydrogen (secondary N) is 2. The Morgan fingerprint density at radius 1 is 1.22 bits per heavy atom. The van der Waals surface area contributed by atoms with Gasteiger partial charge in [-0.2, -0.15) is 0 Å². The van der Waals surface area contributed by atoms with Crippen LogP contribution >= 0.6 is 35.3 Å². The van der Waals surface area contributed by atoms with Crippen LogP contribution in [0.15, 0.2) is 23.3 Å². The summed E-state index contributed by atoms with van der Waals surface area (Å²) in [5, 5.41) is 17.6. The highest BCUT2D eigenvalue weighted by atomic mass is 127. The molecule has 0 saturated heterocycles. The van der Waals surface area contributed by atoms with Crippen molar-refractivity contribution in [3.63, 3.8) is 0 Å². The van der Waals surface area contributed by atoms with E-state index >= 15 is 0 Å². The smallest absolute Gasteiger partial charge is 0.200 e. The summed E-state index contributed by atoms with van der Waals surface area (Å²) in [5.74, 6) is 1.44. The number of rotatable bonds is 8. The molecule has 27 heavy (non-hydrogen) atoms. The minimum atomic E-state index is -0.00356. The van der Waals surface area contributed by atoms with Crippen LogP contribution in [0.25, 0.3) is 0 Å². The van der Waals surface area contributed by atoms with E-state index in [9.17, 15) is 5.11 Å². The third-order valence-electron chi connectivity index (χ3n) is 3.80. The highest BCUT2D eigenvalue weighted by molar-refractivity contribution is 14.0. The predicted molar refractivity (Wildman–Crippen MR) is 120 cm³/mol. The summed E-state index contributed by atoms with van der Waals surface area (Å²) in [6, 6.07) is 3.53. The number of aliphatic imine (C=N–C) groups is 1. The first-order chi connectivity index (χ1) is 12.6. The molecular formula is C18H27IN4O3S. The molecule has 0 saturated carbocycles. The van der Waals surface area contributed by atoms with E-state index in [1.807, 2.05) is 6.20 Å². The maximum Gasteiger partial charge on any atom is 0.200 e. The number of guanidine groups is 1. The summed E-state index contributed by atoms with van der Waals surface area (Å²) in [7, 11) is 4.75. The number of nitrogens with zero attached hydrogens (tertiary/aromatic N) is 2. The minimum absolute atomic E-state index is 0. The number of aromatic nitrogens is 1. The molecule has 0 bridgehead atoms. The zero-order valence-electron chi connectivity index (χ0n) is 16.0. The van der Waals surface area contributed by atoms with Gasteiger partial charge in [0.15, 0.2) is 17.5 Å². The summed E-state index contributed by atoms with van der Waals surface area (Å²) in [5.41, 5.74) is 0.909. The number of benzene rings is 1. The fraction of sp³-hybridized carbons (Fsp3) is 0.444. The maximum atomic E-state index is 9.97. The zero-order chi connectivity index (χ0) is 18.9. The Bertz CT molecular complexity index is 727. The maximum absolute atomic E-state index is 9.97. The van der Waals surface area contributed by atoms with Gasteiger partial charge in [-0.05, 0) is 24.1 Å².